The molecule has 0 bridgehead atoms. The van der Waals surface area contributed by atoms with E-state index in [2.05, 4.69) is 5.32 Å². The van der Waals surface area contributed by atoms with Gasteiger partial charge in [0, 0.05) is 22.0 Å². The Balaban J connectivity index is 1.73. The summed E-state index contributed by atoms with van der Waals surface area (Å²) in [6.07, 6.45) is 1.30. The van der Waals surface area contributed by atoms with Gasteiger partial charge in [-0.15, -0.1) is 11.3 Å². The van der Waals surface area contributed by atoms with E-state index in [1.807, 2.05) is 43.3 Å². The molecule has 1 aromatic heterocycles. The number of anilines is 1. The first-order chi connectivity index (χ1) is 9.13. The standard InChI is InChI=1S/C15H18N2OS/c1-11-2-7-14(19-11)10-15(18)17-9-8-12-3-5-13(16)6-4-12/h2-7H,8-10,16H2,1H3,(H,17,18). The van der Waals surface area contributed by atoms with Crippen LogP contribution in [0.4, 0.5) is 5.69 Å². The van der Waals surface area contributed by atoms with Crippen LogP contribution in [-0.2, 0) is 17.6 Å². The third kappa shape index (κ3) is 4.41. The van der Waals surface area contributed by atoms with Gasteiger partial charge in [0.2, 0.25) is 5.91 Å². The predicted molar refractivity (Wildman–Crippen MR) is 80.3 cm³/mol. The Morgan fingerprint density at radius 3 is 2.58 bits per heavy atom. The van der Waals surface area contributed by atoms with Crippen molar-refractivity contribution in [2.24, 2.45) is 0 Å². The second-order valence-corrected chi connectivity index (χ2v) is 5.90. The summed E-state index contributed by atoms with van der Waals surface area (Å²) in [5.74, 6) is 0.0808. The van der Waals surface area contributed by atoms with Crippen molar-refractivity contribution >= 4 is 22.9 Å². The number of nitrogens with one attached hydrogen (secondary N) is 1. The van der Waals surface area contributed by atoms with Gasteiger partial charge < -0.3 is 11.1 Å². The van der Waals surface area contributed by atoms with Gasteiger partial charge in [-0.1, -0.05) is 12.1 Å². The molecular formula is C15H18N2OS. The van der Waals surface area contributed by atoms with E-state index < -0.39 is 0 Å². The summed E-state index contributed by atoms with van der Waals surface area (Å²) in [7, 11) is 0. The summed E-state index contributed by atoms with van der Waals surface area (Å²) in [4.78, 5) is 14.1. The summed E-state index contributed by atoms with van der Waals surface area (Å²) in [5, 5.41) is 2.94. The van der Waals surface area contributed by atoms with Crippen molar-refractivity contribution in [1.82, 2.24) is 5.32 Å². The molecule has 0 fully saturated rings. The molecule has 1 amide bonds. The van der Waals surface area contributed by atoms with Crippen molar-refractivity contribution < 1.29 is 4.79 Å². The molecule has 0 aliphatic rings. The first-order valence-corrected chi connectivity index (χ1v) is 7.11. The smallest absolute Gasteiger partial charge is 0.225 e. The molecule has 0 unspecified atom stereocenters. The third-order valence-electron chi connectivity index (χ3n) is 2.85. The highest BCUT2D eigenvalue weighted by atomic mass is 32.1. The van der Waals surface area contributed by atoms with Crippen molar-refractivity contribution in [1.29, 1.82) is 0 Å². The topological polar surface area (TPSA) is 55.1 Å². The molecule has 1 heterocycles. The van der Waals surface area contributed by atoms with E-state index in [0.717, 1.165) is 17.0 Å². The molecule has 1 aromatic carbocycles. The summed E-state index contributed by atoms with van der Waals surface area (Å²) >= 11 is 1.67. The molecule has 3 nitrogen and oxygen atoms in total. The lowest BCUT2D eigenvalue weighted by molar-refractivity contribution is -0.120. The van der Waals surface area contributed by atoms with Gasteiger partial charge in [0.1, 0.15) is 0 Å². The fourth-order valence-corrected chi connectivity index (χ4v) is 2.72. The number of hydrogen-bond acceptors (Lipinski definition) is 3. The number of carbonyl (C=O) groups excluding carboxylic acids is 1. The monoisotopic (exact) mass is 274 g/mol. The van der Waals surface area contributed by atoms with Gasteiger partial charge in [0.15, 0.2) is 0 Å². The van der Waals surface area contributed by atoms with Gasteiger partial charge in [-0.25, -0.2) is 0 Å². The van der Waals surface area contributed by atoms with E-state index in [4.69, 9.17) is 5.73 Å². The highest BCUT2D eigenvalue weighted by Crippen LogP contribution is 2.15. The average molecular weight is 274 g/mol. The summed E-state index contributed by atoms with van der Waals surface area (Å²) in [5.41, 5.74) is 7.57. The Bertz CT molecular complexity index is 546. The molecule has 3 N–H and O–H groups in total. The van der Waals surface area contributed by atoms with Crippen molar-refractivity contribution in [2.75, 3.05) is 12.3 Å². The number of aryl methyl sites for hydroxylation is 1. The number of hydrogen-bond donors (Lipinski definition) is 2. The molecule has 2 rings (SSSR count). The molecule has 19 heavy (non-hydrogen) atoms. The van der Waals surface area contributed by atoms with Crippen LogP contribution in [0.2, 0.25) is 0 Å². The van der Waals surface area contributed by atoms with Crippen LogP contribution in [0.3, 0.4) is 0 Å². The van der Waals surface area contributed by atoms with Crippen LogP contribution in [0.1, 0.15) is 15.3 Å². The third-order valence-corrected chi connectivity index (χ3v) is 3.85. The van der Waals surface area contributed by atoms with Crippen LogP contribution in [-0.4, -0.2) is 12.5 Å². The van der Waals surface area contributed by atoms with E-state index >= 15 is 0 Å². The lowest BCUT2D eigenvalue weighted by Gasteiger charge is -2.05. The van der Waals surface area contributed by atoms with Crippen molar-refractivity contribution in [3.63, 3.8) is 0 Å². The summed E-state index contributed by atoms with van der Waals surface area (Å²) in [6, 6.07) is 11.8. The van der Waals surface area contributed by atoms with Crippen LogP contribution in [0.25, 0.3) is 0 Å². The van der Waals surface area contributed by atoms with Crippen molar-refractivity contribution in [3.05, 3.63) is 51.7 Å². The average Bonchev–Trinajstić information content (AvgIpc) is 2.77. The molecular weight excluding hydrogens is 256 g/mol. The molecule has 2 aromatic rings. The van der Waals surface area contributed by atoms with Gasteiger partial charge in [-0.2, -0.15) is 0 Å². The van der Waals surface area contributed by atoms with Gasteiger partial charge in [-0.3, -0.25) is 4.79 Å². The molecule has 0 radical (unpaired) electrons. The van der Waals surface area contributed by atoms with Crippen LogP contribution in [0.15, 0.2) is 36.4 Å². The first kappa shape index (κ1) is 13.6. The minimum Gasteiger partial charge on any atom is -0.399 e. The summed E-state index contributed by atoms with van der Waals surface area (Å²) < 4.78 is 0. The zero-order chi connectivity index (χ0) is 13.7. The number of benzene rings is 1. The van der Waals surface area contributed by atoms with Crippen molar-refractivity contribution in [3.8, 4) is 0 Å². The molecule has 0 atom stereocenters. The molecule has 100 valence electrons. The van der Waals surface area contributed by atoms with Gasteiger partial charge in [0.25, 0.3) is 0 Å². The maximum absolute atomic E-state index is 11.7. The normalized spacial score (nSPS) is 10.4. The predicted octanol–water partition coefficient (Wildman–Crippen LogP) is 2.54. The number of nitrogens with two attached hydrogens (primary N) is 1. The van der Waals surface area contributed by atoms with Crippen molar-refractivity contribution in [2.45, 2.75) is 19.8 Å². The van der Waals surface area contributed by atoms with Crippen LogP contribution in [0.5, 0.6) is 0 Å². The molecule has 4 heteroatoms. The quantitative estimate of drug-likeness (QED) is 0.823. The van der Waals surface area contributed by atoms with Crippen LogP contribution < -0.4 is 11.1 Å². The minimum absolute atomic E-state index is 0.0808. The highest BCUT2D eigenvalue weighted by Gasteiger charge is 2.04. The van der Waals surface area contributed by atoms with E-state index in [-0.39, 0.29) is 5.91 Å². The zero-order valence-corrected chi connectivity index (χ0v) is 11.8. The lowest BCUT2D eigenvalue weighted by atomic mass is 10.1. The maximum atomic E-state index is 11.7. The Morgan fingerprint density at radius 2 is 1.95 bits per heavy atom. The fraction of sp³-hybridized carbons (Fsp3) is 0.267. The van der Waals surface area contributed by atoms with Gasteiger partial charge >= 0.3 is 0 Å². The molecule has 0 spiro atoms. The maximum Gasteiger partial charge on any atom is 0.225 e. The van der Waals surface area contributed by atoms with E-state index in [9.17, 15) is 4.79 Å². The number of thiophene rings is 1. The lowest BCUT2D eigenvalue weighted by Crippen LogP contribution is -2.26. The number of nitrogen functional groups attached to an aromatic ring is 1. The van der Waals surface area contributed by atoms with Gasteiger partial charge in [0.05, 0.1) is 6.42 Å². The van der Waals surface area contributed by atoms with Gasteiger partial charge in [-0.05, 0) is 43.2 Å². The first-order valence-electron chi connectivity index (χ1n) is 6.30. The fourth-order valence-electron chi connectivity index (χ4n) is 1.83. The van der Waals surface area contributed by atoms with E-state index in [0.29, 0.717) is 13.0 Å². The largest absolute Gasteiger partial charge is 0.399 e. The van der Waals surface area contributed by atoms with Crippen LogP contribution >= 0.6 is 11.3 Å². The molecule has 0 aliphatic carbocycles. The van der Waals surface area contributed by atoms with E-state index in [1.165, 1.54) is 10.4 Å². The molecule has 0 aliphatic heterocycles. The number of carbonyl (C=O) groups is 1. The van der Waals surface area contributed by atoms with Crippen LogP contribution in [0, 0.1) is 6.92 Å². The Labute approximate surface area is 117 Å². The Morgan fingerprint density at radius 1 is 1.21 bits per heavy atom. The number of amides is 1. The summed E-state index contributed by atoms with van der Waals surface area (Å²) in [6.45, 7) is 2.71. The number of rotatable bonds is 5. The zero-order valence-electron chi connectivity index (χ0n) is 11.0. The highest BCUT2D eigenvalue weighted by molar-refractivity contribution is 7.12. The van der Waals surface area contributed by atoms with E-state index in [1.54, 1.807) is 11.3 Å². The SMILES string of the molecule is Cc1ccc(CC(=O)NCCc2ccc(N)cc2)s1. The minimum atomic E-state index is 0.0808. The Kier molecular flexibility index (Phi) is 4.58. The molecule has 0 saturated carbocycles. The second-order valence-electron chi connectivity index (χ2n) is 4.53. The second kappa shape index (κ2) is 6.38. The molecule has 0 saturated heterocycles. The Hall–Kier alpha value is -1.81.